The molecule has 0 saturated carbocycles. The monoisotopic (exact) mass is 291 g/mol. The number of hydrogen-bond acceptors (Lipinski definition) is 3. The summed E-state index contributed by atoms with van der Waals surface area (Å²) in [5.74, 6) is 0. The van der Waals surface area contributed by atoms with Gasteiger partial charge in [0.1, 0.15) is 0 Å². The Morgan fingerprint density at radius 1 is 1.05 bits per heavy atom. The Kier molecular flexibility index (Phi) is 4.26. The van der Waals surface area contributed by atoms with E-state index in [1.54, 1.807) is 18.2 Å². The van der Waals surface area contributed by atoms with Gasteiger partial charge in [0, 0.05) is 12.2 Å². The van der Waals surface area contributed by atoms with Gasteiger partial charge in [-0.1, -0.05) is 35.9 Å². The molecule has 0 aliphatic heterocycles. The van der Waals surface area contributed by atoms with Gasteiger partial charge in [0.2, 0.25) is 0 Å². The van der Waals surface area contributed by atoms with Gasteiger partial charge in [-0.2, -0.15) is 8.42 Å². The first kappa shape index (κ1) is 14.4. The van der Waals surface area contributed by atoms with E-state index in [1.807, 2.05) is 13.0 Å². The zero-order valence-corrected chi connectivity index (χ0v) is 11.9. The van der Waals surface area contributed by atoms with Crippen LogP contribution in [0.5, 0.6) is 0 Å². The van der Waals surface area contributed by atoms with Crippen molar-refractivity contribution >= 4 is 21.6 Å². The average Bonchev–Trinajstić information content (AvgIpc) is 2.36. The van der Waals surface area contributed by atoms with Gasteiger partial charge < -0.3 is 5.32 Å². The third-order valence-electron chi connectivity index (χ3n) is 2.74. The standard InChI is InChI=1S/C14H17N3O2S/c1-11-5-7-12(8-6-11)10-16-13-3-2-4-14(9-13)17-20(15,18)19/h2-9,16-17H,10H2,1H3,(H2,15,18,19). The van der Waals surface area contributed by atoms with Crippen LogP contribution in [-0.2, 0) is 16.8 Å². The minimum Gasteiger partial charge on any atom is -0.381 e. The Morgan fingerprint density at radius 3 is 2.35 bits per heavy atom. The predicted octanol–water partition coefficient (Wildman–Crippen LogP) is 2.22. The van der Waals surface area contributed by atoms with Crippen LogP contribution >= 0.6 is 0 Å². The summed E-state index contributed by atoms with van der Waals surface area (Å²) in [5.41, 5.74) is 3.62. The zero-order chi connectivity index (χ0) is 14.6. The van der Waals surface area contributed by atoms with E-state index < -0.39 is 10.2 Å². The minimum atomic E-state index is -3.74. The number of hydrogen-bond donors (Lipinski definition) is 3. The number of rotatable bonds is 5. The highest BCUT2D eigenvalue weighted by atomic mass is 32.2. The van der Waals surface area contributed by atoms with Gasteiger partial charge in [-0.3, -0.25) is 4.72 Å². The van der Waals surface area contributed by atoms with E-state index in [4.69, 9.17) is 5.14 Å². The van der Waals surface area contributed by atoms with Crippen molar-refractivity contribution in [3.05, 3.63) is 59.7 Å². The van der Waals surface area contributed by atoms with Gasteiger partial charge >= 0.3 is 0 Å². The van der Waals surface area contributed by atoms with E-state index in [1.165, 1.54) is 5.56 Å². The molecule has 0 unspecified atom stereocenters. The summed E-state index contributed by atoms with van der Waals surface area (Å²) in [4.78, 5) is 0. The lowest BCUT2D eigenvalue weighted by molar-refractivity contribution is 0.603. The maximum atomic E-state index is 11.0. The molecule has 0 bridgehead atoms. The number of benzene rings is 2. The van der Waals surface area contributed by atoms with Crippen molar-refractivity contribution in [1.82, 2.24) is 0 Å². The molecule has 6 heteroatoms. The first-order valence-electron chi connectivity index (χ1n) is 6.12. The molecule has 0 atom stereocenters. The molecule has 0 aliphatic carbocycles. The molecule has 0 aromatic heterocycles. The smallest absolute Gasteiger partial charge is 0.296 e. The minimum absolute atomic E-state index is 0.432. The Balaban J connectivity index is 2.03. The van der Waals surface area contributed by atoms with E-state index in [0.29, 0.717) is 12.2 Å². The summed E-state index contributed by atoms with van der Waals surface area (Å²) < 4.78 is 24.2. The summed E-state index contributed by atoms with van der Waals surface area (Å²) in [7, 11) is -3.74. The van der Waals surface area contributed by atoms with E-state index in [2.05, 4.69) is 34.3 Å². The van der Waals surface area contributed by atoms with Crippen LogP contribution in [0.1, 0.15) is 11.1 Å². The van der Waals surface area contributed by atoms with Crippen molar-refractivity contribution < 1.29 is 8.42 Å². The largest absolute Gasteiger partial charge is 0.381 e. The maximum Gasteiger partial charge on any atom is 0.296 e. The highest BCUT2D eigenvalue weighted by Crippen LogP contribution is 2.16. The quantitative estimate of drug-likeness (QED) is 0.789. The van der Waals surface area contributed by atoms with Crippen LogP contribution in [0.25, 0.3) is 0 Å². The fourth-order valence-corrected chi connectivity index (χ4v) is 2.22. The third-order valence-corrected chi connectivity index (χ3v) is 3.26. The SMILES string of the molecule is Cc1ccc(CNc2cccc(NS(N)(=O)=O)c2)cc1. The van der Waals surface area contributed by atoms with Crippen LogP contribution in [0.3, 0.4) is 0 Å². The summed E-state index contributed by atoms with van der Waals surface area (Å²) in [6.07, 6.45) is 0. The van der Waals surface area contributed by atoms with Crippen LogP contribution < -0.4 is 15.2 Å². The molecule has 4 N–H and O–H groups in total. The molecule has 0 amide bonds. The Morgan fingerprint density at radius 2 is 1.70 bits per heavy atom. The molecule has 0 aliphatic rings. The summed E-state index contributed by atoms with van der Waals surface area (Å²) in [6, 6.07) is 15.2. The van der Waals surface area contributed by atoms with Crippen LogP contribution in [0.4, 0.5) is 11.4 Å². The normalized spacial score (nSPS) is 11.1. The van der Waals surface area contributed by atoms with Crippen molar-refractivity contribution in [2.24, 2.45) is 5.14 Å². The van der Waals surface area contributed by atoms with Crippen LogP contribution in [0.2, 0.25) is 0 Å². The molecule has 20 heavy (non-hydrogen) atoms. The molecule has 0 fully saturated rings. The predicted molar refractivity (Wildman–Crippen MR) is 81.7 cm³/mol. The van der Waals surface area contributed by atoms with Gasteiger partial charge in [-0.25, -0.2) is 5.14 Å². The van der Waals surface area contributed by atoms with Gasteiger partial charge in [0.15, 0.2) is 0 Å². The van der Waals surface area contributed by atoms with Crippen molar-refractivity contribution in [3.8, 4) is 0 Å². The lowest BCUT2D eigenvalue weighted by Crippen LogP contribution is -2.21. The Bertz CT molecular complexity index is 682. The third kappa shape index (κ3) is 4.56. The van der Waals surface area contributed by atoms with E-state index >= 15 is 0 Å². The molecular weight excluding hydrogens is 274 g/mol. The second-order valence-corrected chi connectivity index (χ2v) is 5.86. The Hall–Kier alpha value is -2.05. The molecule has 106 valence electrons. The molecule has 0 radical (unpaired) electrons. The lowest BCUT2D eigenvalue weighted by Gasteiger charge is -2.09. The first-order valence-corrected chi connectivity index (χ1v) is 7.67. The summed E-state index contributed by atoms with van der Waals surface area (Å²) in [6.45, 7) is 2.71. The maximum absolute atomic E-state index is 11.0. The van der Waals surface area contributed by atoms with Crippen LogP contribution in [-0.4, -0.2) is 8.42 Å². The molecule has 0 saturated heterocycles. The second-order valence-electron chi connectivity index (χ2n) is 4.57. The molecule has 2 aromatic carbocycles. The van der Waals surface area contributed by atoms with Gasteiger partial charge in [0.05, 0.1) is 5.69 Å². The topological polar surface area (TPSA) is 84.2 Å². The van der Waals surface area contributed by atoms with Gasteiger partial charge in [0.25, 0.3) is 10.2 Å². The number of nitrogens with two attached hydrogens (primary N) is 1. The number of nitrogens with one attached hydrogen (secondary N) is 2. The first-order chi connectivity index (χ1) is 9.42. The van der Waals surface area contributed by atoms with Crippen molar-refractivity contribution in [2.45, 2.75) is 13.5 Å². The second kappa shape index (κ2) is 5.94. The molecule has 0 spiro atoms. The summed E-state index contributed by atoms with van der Waals surface area (Å²) >= 11 is 0. The van der Waals surface area contributed by atoms with Gasteiger partial charge in [-0.05, 0) is 30.7 Å². The van der Waals surface area contributed by atoms with Crippen molar-refractivity contribution in [3.63, 3.8) is 0 Å². The van der Waals surface area contributed by atoms with Gasteiger partial charge in [-0.15, -0.1) is 0 Å². The number of aryl methyl sites for hydroxylation is 1. The average molecular weight is 291 g/mol. The van der Waals surface area contributed by atoms with E-state index in [-0.39, 0.29) is 0 Å². The highest BCUT2D eigenvalue weighted by Gasteiger charge is 2.02. The van der Waals surface area contributed by atoms with Crippen LogP contribution in [0, 0.1) is 6.92 Å². The number of anilines is 2. The molecule has 2 aromatic rings. The summed E-state index contributed by atoms with van der Waals surface area (Å²) in [5, 5.41) is 8.17. The molecule has 0 heterocycles. The molecule has 2 rings (SSSR count). The molecular formula is C14H17N3O2S. The van der Waals surface area contributed by atoms with Crippen LogP contribution in [0.15, 0.2) is 48.5 Å². The fraction of sp³-hybridized carbons (Fsp3) is 0.143. The lowest BCUT2D eigenvalue weighted by atomic mass is 10.1. The van der Waals surface area contributed by atoms with E-state index in [0.717, 1.165) is 11.3 Å². The van der Waals surface area contributed by atoms with Crippen molar-refractivity contribution in [2.75, 3.05) is 10.0 Å². The zero-order valence-electron chi connectivity index (χ0n) is 11.1. The van der Waals surface area contributed by atoms with E-state index in [9.17, 15) is 8.42 Å². The fourth-order valence-electron chi connectivity index (χ4n) is 1.77. The Labute approximate surface area is 119 Å². The van der Waals surface area contributed by atoms with Crippen molar-refractivity contribution in [1.29, 1.82) is 0 Å². The molecule has 5 nitrogen and oxygen atoms in total. The highest BCUT2D eigenvalue weighted by molar-refractivity contribution is 7.90.